The Kier molecular flexibility index (Phi) is 9.40. The molecule has 0 radical (unpaired) electrons. The molecule has 0 spiro atoms. The van der Waals surface area contributed by atoms with E-state index in [0.717, 1.165) is 12.8 Å². The zero-order chi connectivity index (χ0) is 19.4. The number of aromatic carboxylic acids is 2. The topological polar surface area (TPSA) is 119 Å². The van der Waals surface area contributed by atoms with Crippen molar-refractivity contribution in [3.05, 3.63) is 22.8 Å². The summed E-state index contributed by atoms with van der Waals surface area (Å²) >= 11 is 0. The van der Waals surface area contributed by atoms with Gasteiger partial charge in [-0.25, -0.2) is 19.6 Å². The summed E-state index contributed by atoms with van der Waals surface area (Å²) in [5, 5.41) is 18.3. The lowest BCUT2D eigenvalue weighted by molar-refractivity contribution is 0.0641. The third-order valence-electron chi connectivity index (χ3n) is 2.76. The predicted molar refractivity (Wildman–Crippen MR) is 91.9 cm³/mol. The molecule has 0 amide bonds. The Morgan fingerprint density at radius 2 is 1.23 bits per heavy atom. The van der Waals surface area contributed by atoms with Crippen molar-refractivity contribution >= 4 is 11.9 Å². The summed E-state index contributed by atoms with van der Waals surface area (Å²) in [6.07, 6.45) is 1.68. The van der Waals surface area contributed by atoms with E-state index in [4.69, 9.17) is 19.7 Å². The highest BCUT2D eigenvalue weighted by Crippen LogP contribution is 2.09. The Bertz CT molecular complexity index is 703. The van der Waals surface area contributed by atoms with Gasteiger partial charge in [0.25, 0.3) is 0 Å². The Morgan fingerprint density at radius 3 is 1.54 bits per heavy atom. The fourth-order valence-corrected chi connectivity index (χ4v) is 1.68. The predicted octanol–water partition coefficient (Wildman–Crippen LogP) is 1.43. The van der Waals surface area contributed by atoms with E-state index >= 15 is 0 Å². The first kappa shape index (κ1) is 21.1. The van der Waals surface area contributed by atoms with Gasteiger partial charge in [-0.05, 0) is 24.7 Å². The fraction of sp³-hybridized carbons (Fsp3) is 0.444. The first-order valence-electron chi connectivity index (χ1n) is 8.03. The molecular weight excluding hydrogens is 340 g/mol. The molecule has 0 saturated heterocycles. The largest absolute Gasteiger partial charge is 0.476 e. The molecule has 0 aliphatic heterocycles. The van der Waals surface area contributed by atoms with E-state index in [2.05, 4.69) is 33.6 Å². The Balaban J connectivity index is 3.22. The Labute approximate surface area is 151 Å². The van der Waals surface area contributed by atoms with Gasteiger partial charge in [-0.3, -0.25) is 0 Å². The fourth-order valence-electron chi connectivity index (χ4n) is 1.68. The normalized spacial score (nSPS) is 9.62. The molecule has 0 aromatic carbocycles. The van der Waals surface area contributed by atoms with Crippen molar-refractivity contribution in [1.29, 1.82) is 0 Å². The van der Waals surface area contributed by atoms with Gasteiger partial charge < -0.3 is 19.7 Å². The number of ether oxygens (including phenoxy) is 2. The molecule has 0 atom stereocenters. The summed E-state index contributed by atoms with van der Waals surface area (Å²) in [6, 6.07) is 0. The van der Waals surface area contributed by atoms with E-state index < -0.39 is 23.3 Å². The highest BCUT2D eigenvalue weighted by Gasteiger charge is 2.22. The molecule has 0 fully saturated rings. The van der Waals surface area contributed by atoms with Crippen molar-refractivity contribution in [2.24, 2.45) is 0 Å². The van der Waals surface area contributed by atoms with E-state index in [1.165, 1.54) is 0 Å². The third-order valence-corrected chi connectivity index (χ3v) is 2.76. The maximum atomic E-state index is 11.2. The number of hydrogen-bond donors (Lipinski definition) is 2. The zero-order valence-corrected chi connectivity index (χ0v) is 14.7. The van der Waals surface area contributed by atoms with Crippen molar-refractivity contribution in [2.45, 2.75) is 26.7 Å². The maximum absolute atomic E-state index is 11.2. The summed E-state index contributed by atoms with van der Waals surface area (Å²) in [5.74, 6) is 7.63. The van der Waals surface area contributed by atoms with Gasteiger partial charge in [-0.1, -0.05) is 25.7 Å². The second-order valence-electron chi connectivity index (χ2n) is 4.94. The van der Waals surface area contributed by atoms with Crippen LogP contribution in [0.5, 0.6) is 0 Å². The van der Waals surface area contributed by atoms with Crippen LogP contribution in [0.25, 0.3) is 0 Å². The SMILES string of the molecule is CCCOCC#Cc1nc(C(=O)O)c(C(=O)O)nc1C#CCOCCC. The maximum Gasteiger partial charge on any atom is 0.357 e. The number of carboxylic acids is 2. The zero-order valence-electron chi connectivity index (χ0n) is 14.7. The van der Waals surface area contributed by atoms with Crippen LogP contribution in [-0.4, -0.2) is 58.5 Å². The molecule has 138 valence electrons. The van der Waals surface area contributed by atoms with Crippen LogP contribution in [0.1, 0.15) is 59.1 Å². The summed E-state index contributed by atoms with van der Waals surface area (Å²) in [7, 11) is 0. The summed E-state index contributed by atoms with van der Waals surface area (Å²) < 4.78 is 10.4. The van der Waals surface area contributed by atoms with Gasteiger partial charge in [0.2, 0.25) is 0 Å². The molecule has 26 heavy (non-hydrogen) atoms. The quantitative estimate of drug-likeness (QED) is 0.528. The molecule has 0 saturated carbocycles. The lowest BCUT2D eigenvalue weighted by Gasteiger charge is -2.03. The highest BCUT2D eigenvalue weighted by atomic mass is 16.5. The van der Waals surface area contributed by atoms with Gasteiger partial charge in [-0.15, -0.1) is 0 Å². The number of aromatic nitrogens is 2. The average molecular weight is 360 g/mol. The minimum absolute atomic E-state index is 0.0181. The van der Waals surface area contributed by atoms with Gasteiger partial charge in [0, 0.05) is 13.2 Å². The minimum Gasteiger partial charge on any atom is -0.476 e. The van der Waals surface area contributed by atoms with E-state index in [9.17, 15) is 9.59 Å². The standard InChI is InChI=1S/C18H20N2O6/c1-3-9-25-11-5-7-13-14(8-6-12-26-10-4-2)20-16(18(23)24)15(19-13)17(21)22/h3-4,9-12H2,1-2H3,(H,21,22)(H,23,24). The van der Waals surface area contributed by atoms with Crippen LogP contribution in [0.3, 0.4) is 0 Å². The first-order valence-corrected chi connectivity index (χ1v) is 8.03. The molecule has 1 aromatic rings. The number of carbonyl (C=O) groups is 2. The highest BCUT2D eigenvalue weighted by molar-refractivity contribution is 5.98. The lowest BCUT2D eigenvalue weighted by Crippen LogP contribution is -2.16. The van der Waals surface area contributed by atoms with Gasteiger partial charge in [-0.2, -0.15) is 0 Å². The Morgan fingerprint density at radius 1 is 0.846 bits per heavy atom. The molecule has 0 unspecified atom stereocenters. The van der Waals surface area contributed by atoms with Crippen molar-refractivity contribution in [1.82, 2.24) is 9.97 Å². The second-order valence-corrected chi connectivity index (χ2v) is 4.94. The van der Waals surface area contributed by atoms with E-state index in [1.807, 2.05) is 13.8 Å². The molecule has 8 heteroatoms. The van der Waals surface area contributed by atoms with Crippen LogP contribution in [0.2, 0.25) is 0 Å². The molecule has 1 aromatic heterocycles. The molecule has 8 nitrogen and oxygen atoms in total. The van der Waals surface area contributed by atoms with E-state index in [-0.39, 0.29) is 24.6 Å². The number of nitrogens with zero attached hydrogens (tertiary/aromatic N) is 2. The minimum atomic E-state index is -1.51. The van der Waals surface area contributed by atoms with Gasteiger partial charge >= 0.3 is 11.9 Å². The summed E-state index contributed by atoms with van der Waals surface area (Å²) in [6.45, 7) is 5.25. The molecule has 1 rings (SSSR count). The van der Waals surface area contributed by atoms with Gasteiger partial charge in [0.1, 0.15) is 24.6 Å². The molecule has 1 heterocycles. The number of hydrogen-bond acceptors (Lipinski definition) is 6. The number of rotatable bonds is 8. The second kappa shape index (κ2) is 11.6. The molecular formula is C18H20N2O6. The monoisotopic (exact) mass is 360 g/mol. The van der Waals surface area contributed by atoms with Gasteiger partial charge in [0.05, 0.1) is 0 Å². The van der Waals surface area contributed by atoms with Crippen LogP contribution in [-0.2, 0) is 9.47 Å². The van der Waals surface area contributed by atoms with Crippen LogP contribution in [0.4, 0.5) is 0 Å². The lowest BCUT2D eigenvalue weighted by atomic mass is 10.2. The van der Waals surface area contributed by atoms with Crippen molar-refractivity contribution in [3.63, 3.8) is 0 Å². The van der Waals surface area contributed by atoms with E-state index in [1.54, 1.807) is 0 Å². The van der Waals surface area contributed by atoms with Crippen molar-refractivity contribution in [2.75, 3.05) is 26.4 Å². The summed E-state index contributed by atoms with van der Waals surface area (Å²) in [5.41, 5.74) is -1.42. The van der Waals surface area contributed by atoms with Crippen LogP contribution >= 0.6 is 0 Å². The molecule has 0 aliphatic rings. The van der Waals surface area contributed by atoms with Crippen LogP contribution in [0.15, 0.2) is 0 Å². The summed E-state index contributed by atoms with van der Waals surface area (Å²) in [4.78, 5) is 30.1. The van der Waals surface area contributed by atoms with Crippen LogP contribution in [0, 0.1) is 23.7 Å². The average Bonchev–Trinajstić information content (AvgIpc) is 2.61. The molecule has 2 N–H and O–H groups in total. The first-order chi connectivity index (χ1) is 12.5. The number of carboxylic acid groups (broad SMARTS) is 2. The van der Waals surface area contributed by atoms with Crippen molar-refractivity contribution < 1.29 is 29.3 Å². The van der Waals surface area contributed by atoms with Crippen LogP contribution < -0.4 is 0 Å². The van der Waals surface area contributed by atoms with Crippen molar-refractivity contribution in [3.8, 4) is 23.7 Å². The molecule has 0 aliphatic carbocycles. The smallest absolute Gasteiger partial charge is 0.357 e. The Hall–Kier alpha value is -2.94. The third kappa shape index (κ3) is 6.89. The molecule has 0 bridgehead atoms. The van der Waals surface area contributed by atoms with Gasteiger partial charge in [0.15, 0.2) is 11.4 Å². The van der Waals surface area contributed by atoms with E-state index in [0.29, 0.717) is 13.2 Å².